The predicted molar refractivity (Wildman–Crippen MR) is 97.5 cm³/mol. The lowest BCUT2D eigenvalue weighted by atomic mass is 9.96. The van der Waals surface area contributed by atoms with Gasteiger partial charge in [0.05, 0.1) is 0 Å². The molecule has 130 valence electrons. The van der Waals surface area contributed by atoms with Gasteiger partial charge in [0.15, 0.2) is 0 Å². The van der Waals surface area contributed by atoms with Crippen LogP contribution < -0.4 is 16.0 Å². The van der Waals surface area contributed by atoms with Gasteiger partial charge in [-0.05, 0) is 62.2 Å². The van der Waals surface area contributed by atoms with Gasteiger partial charge >= 0.3 is 0 Å². The molecule has 3 N–H and O–H groups in total. The molecule has 0 radical (unpaired) electrons. The van der Waals surface area contributed by atoms with Crippen molar-refractivity contribution in [1.82, 2.24) is 10.3 Å². The second kappa shape index (κ2) is 8.39. The molecule has 1 fully saturated rings. The van der Waals surface area contributed by atoms with Crippen molar-refractivity contribution in [3.8, 4) is 0 Å². The molecule has 25 heavy (non-hydrogen) atoms. The Hall–Kier alpha value is -2.73. The molecular weight excluding hydrogens is 316 g/mol. The number of anilines is 2. The van der Waals surface area contributed by atoms with Gasteiger partial charge in [-0.15, -0.1) is 0 Å². The number of carbonyl (C=O) groups excluding carboxylic acids is 2. The highest BCUT2D eigenvalue weighted by atomic mass is 16.2. The zero-order valence-corrected chi connectivity index (χ0v) is 14.0. The highest BCUT2D eigenvalue weighted by molar-refractivity contribution is 6.05. The van der Waals surface area contributed by atoms with Crippen molar-refractivity contribution >= 4 is 23.2 Å². The van der Waals surface area contributed by atoms with Gasteiger partial charge < -0.3 is 16.0 Å². The van der Waals surface area contributed by atoms with Crippen LogP contribution in [0.5, 0.6) is 0 Å². The summed E-state index contributed by atoms with van der Waals surface area (Å²) in [4.78, 5) is 28.4. The van der Waals surface area contributed by atoms with Gasteiger partial charge in [-0.25, -0.2) is 0 Å². The number of hydrogen-bond donors (Lipinski definition) is 3. The highest BCUT2D eigenvalue weighted by Crippen LogP contribution is 2.17. The first-order chi connectivity index (χ1) is 12.2. The summed E-state index contributed by atoms with van der Waals surface area (Å²) in [6.07, 6.45) is 5.93. The van der Waals surface area contributed by atoms with Crippen molar-refractivity contribution < 1.29 is 9.59 Å². The Bertz CT molecular complexity index is 727. The van der Waals surface area contributed by atoms with E-state index >= 15 is 0 Å². The summed E-state index contributed by atoms with van der Waals surface area (Å²) in [5.41, 5.74) is 1.81. The van der Waals surface area contributed by atoms with Gasteiger partial charge in [0.1, 0.15) is 0 Å². The normalized spacial score (nSPS) is 16.9. The van der Waals surface area contributed by atoms with E-state index in [1.807, 2.05) is 0 Å². The second-order valence-corrected chi connectivity index (χ2v) is 6.24. The molecule has 1 aromatic heterocycles. The van der Waals surface area contributed by atoms with E-state index in [1.54, 1.807) is 48.8 Å². The summed E-state index contributed by atoms with van der Waals surface area (Å²) in [6.45, 7) is 1.93. The van der Waals surface area contributed by atoms with Crippen LogP contribution in [0, 0.1) is 5.92 Å². The third kappa shape index (κ3) is 5.12. The van der Waals surface area contributed by atoms with E-state index in [0.29, 0.717) is 29.3 Å². The number of nitrogens with zero attached hydrogens (tertiary/aromatic N) is 1. The molecule has 6 nitrogen and oxygen atoms in total. The summed E-state index contributed by atoms with van der Waals surface area (Å²) in [5.74, 6) is 0.145. The molecule has 0 saturated carbocycles. The van der Waals surface area contributed by atoms with Crippen molar-refractivity contribution in [3.63, 3.8) is 0 Å². The number of benzene rings is 1. The molecule has 3 rings (SSSR count). The number of hydrogen-bond acceptors (Lipinski definition) is 4. The molecule has 1 aromatic carbocycles. The fraction of sp³-hybridized carbons (Fsp3) is 0.316. The van der Waals surface area contributed by atoms with E-state index in [4.69, 9.17) is 0 Å². The third-order valence-corrected chi connectivity index (χ3v) is 4.22. The Labute approximate surface area is 147 Å². The standard InChI is InChI=1S/C19H22N4O2/c24-18(11-14-3-2-8-21-13-14)22-17-5-1-4-15(12-17)19(25)23-16-6-9-20-10-7-16/h1,4-7,9-10,12,14,21H,2-3,8,11,13H2,(H,22,24)(H,20,23,25). The Morgan fingerprint density at radius 3 is 2.72 bits per heavy atom. The van der Waals surface area contributed by atoms with Crippen LogP contribution in [0.2, 0.25) is 0 Å². The Balaban J connectivity index is 1.58. The molecule has 2 amide bonds. The fourth-order valence-electron chi connectivity index (χ4n) is 2.95. The van der Waals surface area contributed by atoms with E-state index in [9.17, 15) is 9.59 Å². The fourth-order valence-corrected chi connectivity index (χ4v) is 2.95. The number of piperidine rings is 1. The number of nitrogens with one attached hydrogen (secondary N) is 3. The lowest BCUT2D eigenvalue weighted by Gasteiger charge is -2.22. The number of rotatable bonds is 5. The second-order valence-electron chi connectivity index (χ2n) is 6.24. The summed E-state index contributed by atoms with van der Waals surface area (Å²) < 4.78 is 0. The van der Waals surface area contributed by atoms with Crippen molar-refractivity contribution in [1.29, 1.82) is 0 Å². The predicted octanol–water partition coefficient (Wildman–Crippen LogP) is 2.66. The maximum Gasteiger partial charge on any atom is 0.255 e. The lowest BCUT2D eigenvalue weighted by molar-refractivity contribution is -0.117. The number of pyridine rings is 1. The smallest absolute Gasteiger partial charge is 0.255 e. The SMILES string of the molecule is O=C(CC1CCCNC1)Nc1cccc(C(=O)Nc2ccncc2)c1. The number of aromatic nitrogens is 1. The van der Waals surface area contributed by atoms with Crippen LogP contribution in [-0.4, -0.2) is 29.9 Å². The molecule has 2 heterocycles. The minimum atomic E-state index is -0.223. The van der Waals surface area contributed by atoms with Gasteiger partial charge in [0, 0.05) is 35.8 Å². The molecular formula is C19H22N4O2. The maximum atomic E-state index is 12.3. The van der Waals surface area contributed by atoms with Crippen LogP contribution in [0.4, 0.5) is 11.4 Å². The molecule has 1 atom stereocenters. The minimum absolute atomic E-state index is 0.0135. The topological polar surface area (TPSA) is 83.1 Å². The summed E-state index contributed by atoms with van der Waals surface area (Å²) in [7, 11) is 0. The van der Waals surface area contributed by atoms with E-state index < -0.39 is 0 Å². The van der Waals surface area contributed by atoms with Crippen LogP contribution in [0.25, 0.3) is 0 Å². The molecule has 1 aliphatic heterocycles. The number of carbonyl (C=O) groups is 2. The van der Waals surface area contributed by atoms with Crippen LogP contribution >= 0.6 is 0 Å². The van der Waals surface area contributed by atoms with Crippen LogP contribution in [0.1, 0.15) is 29.6 Å². The van der Waals surface area contributed by atoms with Gasteiger partial charge in [-0.3, -0.25) is 14.6 Å². The van der Waals surface area contributed by atoms with Crippen molar-refractivity contribution in [2.24, 2.45) is 5.92 Å². The van der Waals surface area contributed by atoms with E-state index in [0.717, 1.165) is 25.9 Å². The average molecular weight is 338 g/mol. The molecule has 0 bridgehead atoms. The van der Waals surface area contributed by atoms with Crippen molar-refractivity contribution in [2.75, 3.05) is 23.7 Å². The highest BCUT2D eigenvalue weighted by Gasteiger charge is 2.17. The zero-order chi connectivity index (χ0) is 17.5. The molecule has 1 saturated heterocycles. The van der Waals surface area contributed by atoms with E-state index in [-0.39, 0.29) is 11.8 Å². The van der Waals surface area contributed by atoms with Crippen LogP contribution in [0.15, 0.2) is 48.8 Å². The molecule has 0 spiro atoms. The first-order valence-corrected chi connectivity index (χ1v) is 8.53. The quantitative estimate of drug-likeness (QED) is 0.783. The van der Waals surface area contributed by atoms with Gasteiger partial charge in [-0.1, -0.05) is 6.07 Å². The number of amides is 2. The molecule has 0 aliphatic carbocycles. The first kappa shape index (κ1) is 17.1. The van der Waals surface area contributed by atoms with Crippen LogP contribution in [-0.2, 0) is 4.79 Å². The molecule has 2 aromatic rings. The summed E-state index contributed by atoms with van der Waals surface area (Å²) >= 11 is 0. The molecule has 1 unspecified atom stereocenters. The third-order valence-electron chi connectivity index (χ3n) is 4.22. The summed E-state index contributed by atoms with van der Waals surface area (Å²) in [5, 5.41) is 9.01. The van der Waals surface area contributed by atoms with Gasteiger partial charge in [0.2, 0.25) is 5.91 Å². The van der Waals surface area contributed by atoms with E-state index in [1.165, 1.54) is 0 Å². The maximum absolute atomic E-state index is 12.3. The Morgan fingerprint density at radius 2 is 1.96 bits per heavy atom. The van der Waals surface area contributed by atoms with E-state index in [2.05, 4.69) is 20.9 Å². The first-order valence-electron chi connectivity index (χ1n) is 8.53. The van der Waals surface area contributed by atoms with Crippen molar-refractivity contribution in [3.05, 3.63) is 54.4 Å². The minimum Gasteiger partial charge on any atom is -0.326 e. The average Bonchev–Trinajstić information content (AvgIpc) is 2.63. The summed E-state index contributed by atoms with van der Waals surface area (Å²) in [6, 6.07) is 10.4. The molecule has 1 aliphatic rings. The Morgan fingerprint density at radius 1 is 1.12 bits per heavy atom. The van der Waals surface area contributed by atoms with Gasteiger partial charge in [0.25, 0.3) is 5.91 Å². The molecule has 6 heteroatoms. The van der Waals surface area contributed by atoms with Crippen LogP contribution in [0.3, 0.4) is 0 Å². The van der Waals surface area contributed by atoms with Gasteiger partial charge in [-0.2, -0.15) is 0 Å². The van der Waals surface area contributed by atoms with Crippen molar-refractivity contribution in [2.45, 2.75) is 19.3 Å². The monoisotopic (exact) mass is 338 g/mol. The lowest BCUT2D eigenvalue weighted by Crippen LogP contribution is -2.32. The Kier molecular flexibility index (Phi) is 5.74. The zero-order valence-electron chi connectivity index (χ0n) is 14.0. The largest absolute Gasteiger partial charge is 0.326 e.